The lowest BCUT2D eigenvalue weighted by molar-refractivity contribution is 0.102. The van der Waals surface area contributed by atoms with Crippen molar-refractivity contribution in [1.29, 1.82) is 0 Å². The van der Waals surface area contributed by atoms with Crippen molar-refractivity contribution in [1.82, 2.24) is 9.80 Å². The molecule has 1 saturated heterocycles. The molecule has 2 aliphatic heterocycles. The van der Waals surface area contributed by atoms with Gasteiger partial charge >= 0.3 is 0 Å². The third-order valence-electron chi connectivity index (χ3n) is 6.13. The van der Waals surface area contributed by atoms with E-state index in [1.165, 1.54) is 5.57 Å². The molecular weight excluding hydrogens is 348 g/mol. The lowest BCUT2D eigenvalue weighted by Gasteiger charge is -2.32. The molecule has 1 aromatic rings. The van der Waals surface area contributed by atoms with Crippen molar-refractivity contribution in [2.24, 2.45) is 15.9 Å². The fourth-order valence-corrected chi connectivity index (χ4v) is 4.40. The van der Waals surface area contributed by atoms with E-state index in [4.69, 9.17) is 9.98 Å². The Morgan fingerprint density at radius 1 is 1.04 bits per heavy atom. The number of ketones is 1. The first-order chi connectivity index (χ1) is 13.6. The molecule has 5 heteroatoms. The van der Waals surface area contributed by atoms with Gasteiger partial charge in [0.25, 0.3) is 0 Å². The minimum absolute atomic E-state index is 0.0710. The Kier molecular flexibility index (Phi) is 4.13. The van der Waals surface area contributed by atoms with Gasteiger partial charge in [-0.3, -0.25) is 4.79 Å². The molecule has 2 aliphatic carbocycles. The van der Waals surface area contributed by atoms with Gasteiger partial charge in [-0.15, -0.1) is 0 Å². The number of hydrogen-bond acceptors (Lipinski definition) is 5. The Hall–Kier alpha value is -2.79. The second kappa shape index (κ2) is 6.67. The molecule has 1 atom stereocenters. The number of rotatable bonds is 1. The highest BCUT2D eigenvalue weighted by atomic mass is 16.1. The standard InChI is InChI=1S/C23H24N4O/c1-15-7-3-4-8-16(15)19-21-20(17-9-5-6-10-18(17)22(19)28)24-23(25-21)27-13-11-26(2)12-14-27/h3-7,9-10,16H,8,11-14H2,1-2H3. The number of piperazine rings is 1. The average Bonchev–Trinajstić information content (AvgIpc) is 3.15. The molecule has 0 saturated carbocycles. The highest BCUT2D eigenvalue weighted by Gasteiger charge is 2.38. The van der Waals surface area contributed by atoms with Crippen LogP contribution in [0.25, 0.3) is 0 Å². The zero-order valence-electron chi connectivity index (χ0n) is 16.4. The predicted octanol–water partition coefficient (Wildman–Crippen LogP) is 3.07. The van der Waals surface area contributed by atoms with E-state index >= 15 is 0 Å². The first-order valence-electron chi connectivity index (χ1n) is 9.96. The molecule has 1 aromatic carbocycles. The van der Waals surface area contributed by atoms with Crippen LogP contribution in [0.3, 0.4) is 0 Å². The van der Waals surface area contributed by atoms with Gasteiger partial charge in [-0.2, -0.15) is 0 Å². The molecule has 5 nitrogen and oxygen atoms in total. The SMILES string of the molecule is CC1=CC=CCC1C1=C2N=C(N3CCN(C)CC3)N=C2c2ccccc2C1=O. The van der Waals surface area contributed by atoms with Crippen molar-refractivity contribution in [3.05, 3.63) is 70.5 Å². The van der Waals surface area contributed by atoms with Crippen LogP contribution in [0.2, 0.25) is 0 Å². The minimum Gasteiger partial charge on any atom is -0.338 e. The second-order valence-corrected chi connectivity index (χ2v) is 7.93. The molecule has 1 unspecified atom stereocenters. The van der Waals surface area contributed by atoms with Crippen molar-refractivity contribution < 1.29 is 4.79 Å². The highest BCUT2D eigenvalue weighted by molar-refractivity contribution is 6.32. The summed E-state index contributed by atoms with van der Waals surface area (Å²) in [6.45, 7) is 5.93. The molecule has 0 amide bonds. The van der Waals surface area contributed by atoms with E-state index in [0.717, 1.165) is 66.7 Å². The number of nitrogens with zero attached hydrogens (tertiary/aromatic N) is 4. The van der Waals surface area contributed by atoms with Crippen molar-refractivity contribution in [3.63, 3.8) is 0 Å². The number of carbonyl (C=O) groups excluding carboxylic acids is 1. The molecule has 2 heterocycles. The van der Waals surface area contributed by atoms with Crippen LogP contribution in [-0.2, 0) is 0 Å². The molecule has 4 aliphatic rings. The Bertz CT molecular complexity index is 1000. The average molecular weight is 372 g/mol. The van der Waals surface area contributed by atoms with Crippen molar-refractivity contribution in [3.8, 4) is 0 Å². The molecule has 142 valence electrons. The van der Waals surface area contributed by atoms with Crippen molar-refractivity contribution in [2.45, 2.75) is 13.3 Å². The lowest BCUT2D eigenvalue weighted by atomic mass is 9.76. The lowest BCUT2D eigenvalue weighted by Crippen LogP contribution is -2.46. The van der Waals surface area contributed by atoms with Gasteiger partial charge in [0.15, 0.2) is 5.78 Å². The summed E-state index contributed by atoms with van der Waals surface area (Å²) < 4.78 is 0. The van der Waals surface area contributed by atoms with E-state index < -0.39 is 0 Å². The van der Waals surface area contributed by atoms with Crippen LogP contribution < -0.4 is 0 Å². The summed E-state index contributed by atoms with van der Waals surface area (Å²) in [5.74, 6) is 0.927. The molecule has 28 heavy (non-hydrogen) atoms. The number of allylic oxidation sites excluding steroid dienone is 6. The minimum atomic E-state index is 0.0710. The summed E-state index contributed by atoms with van der Waals surface area (Å²) in [6.07, 6.45) is 7.14. The predicted molar refractivity (Wildman–Crippen MR) is 112 cm³/mol. The smallest absolute Gasteiger partial charge is 0.226 e. The van der Waals surface area contributed by atoms with Gasteiger partial charge in [0.2, 0.25) is 5.96 Å². The van der Waals surface area contributed by atoms with Gasteiger partial charge < -0.3 is 9.80 Å². The quantitative estimate of drug-likeness (QED) is 0.761. The normalized spacial score (nSPS) is 24.6. The number of likely N-dealkylation sites (N-methyl/N-ethyl adjacent to an activating group) is 1. The van der Waals surface area contributed by atoms with Crippen LogP contribution in [0.4, 0.5) is 0 Å². The molecule has 0 bridgehead atoms. The third-order valence-corrected chi connectivity index (χ3v) is 6.13. The monoisotopic (exact) mass is 372 g/mol. The molecule has 5 rings (SSSR count). The van der Waals surface area contributed by atoms with Crippen LogP contribution in [0.15, 0.2) is 69.3 Å². The fraction of sp³-hybridized carbons (Fsp3) is 0.348. The largest absolute Gasteiger partial charge is 0.338 e. The summed E-state index contributed by atoms with van der Waals surface area (Å²) in [7, 11) is 2.14. The summed E-state index contributed by atoms with van der Waals surface area (Å²) in [6, 6.07) is 7.82. The molecular formula is C23H24N4O. The van der Waals surface area contributed by atoms with Gasteiger partial charge in [-0.1, -0.05) is 48.1 Å². The zero-order valence-corrected chi connectivity index (χ0v) is 16.4. The van der Waals surface area contributed by atoms with Crippen LogP contribution in [0.5, 0.6) is 0 Å². The van der Waals surface area contributed by atoms with Crippen molar-refractivity contribution >= 4 is 17.5 Å². The number of fused-ring (bicyclic) bond motifs is 3. The maximum absolute atomic E-state index is 13.5. The summed E-state index contributed by atoms with van der Waals surface area (Å²) in [5.41, 5.74) is 5.32. The maximum Gasteiger partial charge on any atom is 0.226 e. The number of Topliss-reactive ketones (excluding diaryl/α,β-unsaturated/α-hetero) is 1. The Labute approximate surface area is 165 Å². The summed E-state index contributed by atoms with van der Waals surface area (Å²) >= 11 is 0. The van der Waals surface area contributed by atoms with E-state index in [9.17, 15) is 4.79 Å². The van der Waals surface area contributed by atoms with E-state index in [1.807, 2.05) is 24.3 Å². The van der Waals surface area contributed by atoms with Crippen molar-refractivity contribution in [2.75, 3.05) is 33.2 Å². The number of carbonyl (C=O) groups is 1. The van der Waals surface area contributed by atoms with Gasteiger partial charge in [-0.05, 0) is 20.4 Å². The number of aliphatic imine (C=N–C) groups is 2. The van der Waals surface area contributed by atoms with E-state index in [-0.39, 0.29) is 11.7 Å². The highest BCUT2D eigenvalue weighted by Crippen LogP contribution is 2.39. The van der Waals surface area contributed by atoms with E-state index in [1.54, 1.807) is 0 Å². The Morgan fingerprint density at radius 2 is 1.79 bits per heavy atom. The first-order valence-corrected chi connectivity index (χ1v) is 9.96. The number of hydrogen-bond donors (Lipinski definition) is 0. The Balaban J connectivity index is 1.64. The van der Waals surface area contributed by atoms with Gasteiger partial charge in [0, 0.05) is 48.8 Å². The molecule has 0 aromatic heterocycles. The van der Waals surface area contributed by atoms with Crippen LogP contribution >= 0.6 is 0 Å². The van der Waals surface area contributed by atoms with E-state index in [0.29, 0.717) is 0 Å². The molecule has 1 fully saturated rings. The first kappa shape index (κ1) is 17.3. The van der Waals surface area contributed by atoms with Gasteiger partial charge in [-0.25, -0.2) is 9.98 Å². The molecule has 0 N–H and O–H groups in total. The van der Waals surface area contributed by atoms with Gasteiger partial charge in [0.05, 0.1) is 0 Å². The molecule has 0 radical (unpaired) electrons. The number of guanidine groups is 1. The zero-order chi connectivity index (χ0) is 19.3. The third kappa shape index (κ3) is 2.69. The van der Waals surface area contributed by atoms with Crippen LogP contribution in [-0.4, -0.2) is 60.5 Å². The Morgan fingerprint density at radius 3 is 2.54 bits per heavy atom. The van der Waals surface area contributed by atoms with Crippen LogP contribution in [0, 0.1) is 5.92 Å². The second-order valence-electron chi connectivity index (χ2n) is 7.93. The van der Waals surface area contributed by atoms with Crippen LogP contribution in [0.1, 0.15) is 29.3 Å². The maximum atomic E-state index is 13.5. The number of benzene rings is 1. The van der Waals surface area contributed by atoms with E-state index in [2.05, 4.69) is 42.0 Å². The van der Waals surface area contributed by atoms with Gasteiger partial charge in [0.1, 0.15) is 11.4 Å². The summed E-state index contributed by atoms with van der Waals surface area (Å²) in [4.78, 5) is 27.9. The topological polar surface area (TPSA) is 48.3 Å². The molecule has 0 spiro atoms. The fourth-order valence-electron chi connectivity index (χ4n) is 4.40. The summed E-state index contributed by atoms with van der Waals surface area (Å²) in [5, 5.41) is 0.